The molecule has 4 aromatic rings. The van der Waals surface area contributed by atoms with E-state index in [2.05, 4.69) is 20.8 Å². The Hall–Kier alpha value is -3.29. The summed E-state index contributed by atoms with van der Waals surface area (Å²) in [5.74, 6) is -0.375. The van der Waals surface area contributed by atoms with Crippen molar-refractivity contribution >= 4 is 51.6 Å². The van der Waals surface area contributed by atoms with Gasteiger partial charge in [0.2, 0.25) is 0 Å². The molecule has 0 aliphatic heterocycles. The predicted octanol–water partition coefficient (Wildman–Crippen LogP) is 4.51. The molecule has 0 radical (unpaired) electrons. The van der Waals surface area contributed by atoms with E-state index in [1.807, 2.05) is 49.4 Å². The van der Waals surface area contributed by atoms with E-state index in [4.69, 9.17) is 23.8 Å². The monoisotopic (exact) mass is 421 g/mol. The Balaban J connectivity index is 1.49. The van der Waals surface area contributed by atoms with Crippen LogP contribution in [0.3, 0.4) is 0 Å². The van der Waals surface area contributed by atoms with Crippen LogP contribution in [-0.4, -0.2) is 26.0 Å². The summed E-state index contributed by atoms with van der Waals surface area (Å²) >= 11 is 11.3. The number of carbonyl (C=O) groups is 1. The Labute approximate surface area is 177 Å². The van der Waals surface area contributed by atoms with Crippen LogP contribution in [0.15, 0.2) is 66.7 Å². The van der Waals surface area contributed by atoms with E-state index in [1.165, 1.54) is 5.56 Å². The first-order valence-corrected chi connectivity index (χ1v) is 9.59. The quantitative estimate of drug-likeness (QED) is 0.476. The highest BCUT2D eigenvalue weighted by Crippen LogP contribution is 2.18. The fourth-order valence-corrected chi connectivity index (χ4v) is 3.20. The molecule has 0 saturated carbocycles. The average Bonchev–Trinajstić information content (AvgIpc) is 3.12. The van der Waals surface area contributed by atoms with Gasteiger partial charge in [-0.25, -0.2) is 0 Å². The molecule has 1 heterocycles. The number of benzene rings is 3. The summed E-state index contributed by atoms with van der Waals surface area (Å²) in [6, 6.07) is 20.2. The van der Waals surface area contributed by atoms with E-state index in [0.717, 1.165) is 11.2 Å². The lowest BCUT2D eigenvalue weighted by atomic mass is 10.2. The van der Waals surface area contributed by atoms with Crippen molar-refractivity contribution in [1.29, 1.82) is 0 Å². The molecule has 144 valence electrons. The molecule has 0 aliphatic carbocycles. The maximum atomic E-state index is 12.3. The first kappa shape index (κ1) is 19.0. The highest BCUT2D eigenvalue weighted by atomic mass is 35.5. The van der Waals surface area contributed by atoms with Gasteiger partial charge in [0.1, 0.15) is 11.0 Å². The third-order valence-corrected chi connectivity index (χ3v) is 4.78. The summed E-state index contributed by atoms with van der Waals surface area (Å²) in [6.45, 7) is 2.03. The number of amides is 1. The highest BCUT2D eigenvalue weighted by molar-refractivity contribution is 7.80. The Morgan fingerprint density at radius 3 is 2.48 bits per heavy atom. The minimum absolute atomic E-state index is 0.167. The third-order valence-electron chi connectivity index (χ3n) is 4.25. The maximum absolute atomic E-state index is 12.3. The molecule has 3 aromatic carbocycles. The molecule has 6 nitrogen and oxygen atoms in total. The Morgan fingerprint density at radius 1 is 1.00 bits per heavy atom. The molecule has 29 heavy (non-hydrogen) atoms. The van der Waals surface area contributed by atoms with Crippen LogP contribution in [0.4, 0.5) is 5.69 Å². The minimum Gasteiger partial charge on any atom is -0.332 e. The van der Waals surface area contributed by atoms with Gasteiger partial charge in [0.15, 0.2) is 5.11 Å². The van der Waals surface area contributed by atoms with Gasteiger partial charge in [0, 0.05) is 5.69 Å². The SMILES string of the molecule is Cc1ccc(-n2nc3ccc(NC(=S)NC(=O)c4ccccc4Cl)cc3n2)cc1. The lowest BCUT2D eigenvalue weighted by Crippen LogP contribution is -2.34. The second kappa shape index (κ2) is 7.98. The number of rotatable bonds is 3. The van der Waals surface area contributed by atoms with Crippen LogP contribution >= 0.6 is 23.8 Å². The first-order valence-electron chi connectivity index (χ1n) is 8.80. The largest absolute Gasteiger partial charge is 0.332 e. The highest BCUT2D eigenvalue weighted by Gasteiger charge is 2.12. The number of thiocarbonyl (C=S) groups is 1. The number of aryl methyl sites for hydroxylation is 1. The Bertz CT molecular complexity index is 1220. The number of hydrogen-bond donors (Lipinski definition) is 2. The Kier molecular flexibility index (Phi) is 5.24. The van der Waals surface area contributed by atoms with Crippen molar-refractivity contribution in [3.8, 4) is 5.69 Å². The van der Waals surface area contributed by atoms with Crippen molar-refractivity contribution in [1.82, 2.24) is 20.3 Å². The minimum atomic E-state index is -0.375. The molecule has 0 atom stereocenters. The van der Waals surface area contributed by atoms with Gasteiger partial charge in [-0.3, -0.25) is 10.1 Å². The lowest BCUT2D eigenvalue weighted by molar-refractivity contribution is 0.0978. The van der Waals surface area contributed by atoms with Crippen molar-refractivity contribution < 1.29 is 4.79 Å². The van der Waals surface area contributed by atoms with E-state index in [9.17, 15) is 4.79 Å². The number of carbonyl (C=O) groups excluding carboxylic acids is 1. The van der Waals surface area contributed by atoms with Crippen LogP contribution in [-0.2, 0) is 0 Å². The first-order chi connectivity index (χ1) is 14.0. The van der Waals surface area contributed by atoms with Crippen LogP contribution in [0.25, 0.3) is 16.7 Å². The van der Waals surface area contributed by atoms with Gasteiger partial charge in [0.05, 0.1) is 16.3 Å². The fourth-order valence-electron chi connectivity index (χ4n) is 2.76. The molecule has 2 N–H and O–H groups in total. The van der Waals surface area contributed by atoms with E-state index in [-0.39, 0.29) is 11.0 Å². The normalized spacial score (nSPS) is 10.7. The van der Waals surface area contributed by atoms with Crippen molar-refractivity contribution in [3.63, 3.8) is 0 Å². The van der Waals surface area contributed by atoms with Gasteiger partial charge < -0.3 is 5.32 Å². The zero-order chi connectivity index (χ0) is 20.4. The lowest BCUT2D eigenvalue weighted by Gasteiger charge is -2.10. The predicted molar refractivity (Wildman–Crippen MR) is 119 cm³/mol. The molecule has 0 aliphatic rings. The van der Waals surface area contributed by atoms with E-state index >= 15 is 0 Å². The molecule has 4 rings (SSSR count). The van der Waals surface area contributed by atoms with E-state index < -0.39 is 0 Å². The van der Waals surface area contributed by atoms with Crippen molar-refractivity contribution in [2.75, 3.05) is 5.32 Å². The summed E-state index contributed by atoms with van der Waals surface area (Å²) < 4.78 is 0. The smallest absolute Gasteiger partial charge is 0.258 e. The second-order valence-electron chi connectivity index (χ2n) is 6.42. The number of fused-ring (bicyclic) bond motifs is 1. The molecular formula is C21H16ClN5OS. The van der Waals surface area contributed by atoms with Gasteiger partial charge in [-0.05, 0) is 61.6 Å². The summed E-state index contributed by atoms with van der Waals surface area (Å²) in [5, 5.41) is 15.2. The molecular weight excluding hydrogens is 406 g/mol. The summed E-state index contributed by atoms with van der Waals surface area (Å²) in [7, 11) is 0. The number of nitrogens with zero attached hydrogens (tertiary/aromatic N) is 3. The standard InChI is InChI=1S/C21H16ClN5OS/c1-13-6-9-15(10-7-13)27-25-18-11-8-14(12-19(18)26-27)23-21(29)24-20(28)16-4-2-3-5-17(16)22/h2-12H,1H3,(H2,23,24,28,29). The molecule has 0 unspecified atom stereocenters. The van der Waals surface area contributed by atoms with Crippen LogP contribution in [0.1, 0.15) is 15.9 Å². The van der Waals surface area contributed by atoms with Gasteiger partial charge in [-0.15, -0.1) is 10.2 Å². The number of anilines is 1. The number of nitrogens with one attached hydrogen (secondary N) is 2. The number of halogens is 1. The van der Waals surface area contributed by atoms with E-state index in [1.54, 1.807) is 29.1 Å². The fraction of sp³-hybridized carbons (Fsp3) is 0.0476. The summed E-state index contributed by atoms with van der Waals surface area (Å²) in [5.41, 5.74) is 4.55. The summed E-state index contributed by atoms with van der Waals surface area (Å²) in [4.78, 5) is 13.9. The van der Waals surface area contributed by atoms with Gasteiger partial charge in [-0.1, -0.05) is 41.4 Å². The van der Waals surface area contributed by atoms with Gasteiger partial charge in [-0.2, -0.15) is 4.80 Å². The van der Waals surface area contributed by atoms with Crippen LogP contribution in [0, 0.1) is 6.92 Å². The van der Waals surface area contributed by atoms with Gasteiger partial charge in [0.25, 0.3) is 5.91 Å². The van der Waals surface area contributed by atoms with Crippen molar-refractivity contribution in [3.05, 3.63) is 82.9 Å². The zero-order valence-electron chi connectivity index (χ0n) is 15.4. The number of hydrogen-bond acceptors (Lipinski definition) is 4. The van der Waals surface area contributed by atoms with Crippen LogP contribution in [0.2, 0.25) is 5.02 Å². The number of aromatic nitrogens is 3. The topological polar surface area (TPSA) is 71.8 Å². The third kappa shape index (κ3) is 4.26. The molecule has 0 spiro atoms. The molecule has 1 aromatic heterocycles. The zero-order valence-corrected chi connectivity index (χ0v) is 17.0. The molecule has 0 bridgehead atoms. The molecule has 0 fully saturated rings. The second-order valence-corrected chi connectivity index (χ2v) is 7.23. The van der Waals surface area contributed by atoms with Crippen LogP contribution in [0.5, 0.6) is 0 Å². The van der Waals surface area contributed by atoms with Crippen molar-refractivity contribution in [2.45, 2.75) is 6.92 Å². The van der Waals surface area contributed by atoms with Crippen molar-refractivity contribution in [2.24, 2.45) is 0 Å². The van der Waals surface area contributed by atoms with Crippen LogP contribution < -0.4 is 10.6 Å². The maximum Gasteiger partial charge on any atom is 0.258 e. The molecule has 1 amide bonds. The molecule has 0 saturated heterocycles. The molecule has 8 heteroatoms. The Morgan fingerprint density at radius 2 is 1.72 bits per heavy atom. The van der Waals surface area contributed by atoms with Gasteiger partial charge >= 0.3 is 0 Å². The average molecular weight is 422 g/mol. The van der Waals surface area contributed by atoms with E-state index in [0.29, 0.717) is 21.8 Å². The summed E-state index contributed by atoms with van der Waals surface area (Å²) in [6.07, 6.45) is 0.